The van der Waals surface area contributed by atoms with E-state index in [1.165, 1.54) is 6.92 Å². The standard InChI is InChI=1S/C20H24F2N2O3S/c1-5-15-6-8-16(9-7-15)13(2)23-20(25)14(3)24(28(4,26)27)17-10-11-18(21)19(22)12-17/h6-14H,5H2,1-4H3,(H,23,25)/t13-,14-/m1/s1. The Balaban J connectivity index is 2.24. The summed E-state index contributed by atoms with van der Waals surface area (Å²) in [5, 5.41) is 2.77. The van der Waals surface area contributed by atoms with E-state index < -0.39 is 33.6 Å². The van der Waals surface area contributed by atoms with Gasteiger partial charge in [0.15, 0.2) is 11.6 Å². The van der Waals surface area contributed by atoms with Crippen LogP contribution in [0.1, 0.15) is 37.9 Å². The van der Waals surface area contributed by atoms with Gasteiger partial charge >= 0.3 is 0 Å². The lowest BCUT2D eigenvalue weighted by atomic mass is 10.0. The van der Waals surface area contributed by atoms with E-state index in [0.29, 0.717) is 0 Å². The number of amides is 1. The predicted octanol–water partition coefficient (Wildman–Crippen LogP) is 3.56. The SMILES string of the molecule is CCc1ccc([C@@H](C)NC(=O)[C@@H](C)N(c2ccc(F)c(F)c2)S(C)(=O)=O)cc1. The maximum Gasteiger partial charge on any atom is 0.244 e. The quantitative estimate of drug-likeness (QED) is 0.759. The molecule has 2 aromatic rings. The van der Waals surface area contributed by atoms with Crippen molar-refractivity contribution < 1.29 is 22.0 Å². The second-order valence-electron chi connectivity index (χ2n) is 6.66. The largest absolute Gasteiger partial charge is 0.348 e. The Morgan fingerprint density at radius 1 is 1.07 bits per heavy atom. The van der Waals surface area contributed by atoms with Crippen molar-refractivity contribution in [2.24, 2.45) is 0 Å². The van der Waals surface area contributed by atoms with Gasteiger partial charge in [-0.1, -0.05) is 31.2 Å². The number of nitrogens with one attached hydrogen (secondary N) is 1. The van der Waals surface area contributed by atoms with Crippen molar-refractivity contribution in [3.8, 4) is 0 Å². The molecule has 2 atom stereocenters. The second kappa shape index (κ2) is 8.68. The first-order chi connectivity index (χ1) is 13.0. The Labute approximate surface area is 164 Å². The van der Waals surface area contributed by atoms with Crippen molar-refractivity contribution in [3.05, 3.63) is 65.2 Å². The molecule has 2 rings (SSSR count). The van der Waals surface area contributed by atoms with Gasteiger partial charge < -0.3 is 5.32 Å². The summed E-state index contributed by atoms with van der Waals surface area (Å²) in [5.41, 5.74) is 1.91. The Bertz CT molecular complexity index is 946. The molecule has 0 radical (unpaired) electrons. The molecule has 0 bridgehead atoms. The monoisotopic (exact) mass is 410 g/mol. The van der Waals surface area contributed by atoms with E-state index in [-0.39, 0.29) is 11.7 Å². The molecule has 28 heavy (non-hydrogen) atoms. The van der Waals surface area contributed by atoms with Crippen LogP contribution in [0.25, 0.3) is 0 Å². The van der Waals surface area contributed by atoms with Gasteiger partial charge in [-0.25, -0.2) is 17.2 Å². The lowest BCUT2D eigenvalue weighted by Crippen LogP contribution is -2.48. The molecule has 0 saturated carbocycles. The van der Waals surface area contributed by atoms with Crippen LogP contribution < -0.4 is 9.62 Å². The van der Waals surface area contributed by atoms with Gasteiger partial charge in [0.05, 0.1) is 18.0 Å². The van der Waals surface area contributed by atoms with E-state index >= 15 is 0 Å². The molecule has 0 aliphatic heterocycles. The summed E-state index contributed by atoms with van der Waals surface area (Å²) in [7, 11) is -3.92. The van der Waals surface area contributed by atoms with Crippen LogP contribution in [0.3, 0.4) is 0 Å². The van der Waals surface area contributed by atoms with Crippen LogP contribution in [0, 0.1) is 11.6 Å². The molecule has 1 amide bonds. The number of carbonyl (C=O) groups is 1. The molecule has 0 aliphatic carbocycles. The fourth-order valence-electron chi connectivity index (χ4n) is 2.89. The number of benzene rings is 2. The molecule has 0 spiro atoms. The summed E-state index contributed by atoms with van der Waals surface area (Å²) in [6.45, 7) is 5.22. The number of rotatable bonds is 7. The minimum atomic E-state index is -3.92. The molecule has 0 aromatic heterocycles. The van der Waals surface area contributed by atoms with Gasteiger partial charge in [0.2, 0.25) is 15.9 Å². The van der Waals surface area contributed by atoms with Crippen molar-refractivity contribution in [2.45, 2.75) is 39.3 Å². The van der Waals surface area contributed by atoms with Crippen LogP contribution in [0.5, 0.6) is 0 Å². The van der Waals surface area contributed by atoms with Gasteiger partial charge in [0, 0.05) is 6.07 Å². The average molecular weight is 410 g/mol. The number of hydrogen-bond donors (Lipinski definition) is 1. The number of halogens is 2. The zero-order valence-electron chi connectivity index (χ0n) is 16.2. The zero-order chi connectivity index (χ0) is 21.1. The van der Waals surface area contributed by atoms with E-state index in [9.17, 15) is 22.0 Å². The van der Waals surface area contributed by atoms with Crippen LogP contribution in [0.2, 0.25) is 0 Å². The molecule has 8 heteroatoms. The zero-order valence-corrected chi connectivity index (χ0v) is 17.1. The van der Waals surface area contributed by atoms with Crippen LogP contribution in [0.15, 0.2) is 42.5 Å². The lowest BCUT2D eigenvalue weighted by molar-refractivity contribution is -0.122. The molecule has 0 saturated heterocycles. The molecular formula is C20H24F2N2O3S. The Kier molecular flexibility index (Phi) is 6.77. The van der Waals surface area contributed by atoms with Gasteiger partial charge in [0.1, 0.15) is 6.04 Å². The fourth-order valence-corrected chi connectivity index (χ4v) is 4.06. The van der Waals surface area contributed by atoms with Gasteiger partial charge in [-0.3, -0.25) is 9.10 Å². The molecule has 0 aliphatic rings. The van der Waals surface area contributed by atoms with Crippen molar-refractivity contribution in [2.75, 3.05) is 10.6 Å². The minimum absolute atomic E-state index is 0.121. The van der Waals surface area contributed by atoms with E-state index in [1.54, 1.807) is 6.92 Å². The van der Waals surface area contributed by atoms with Gasteiger partial charge in [-0.2, -0.15) is 0 Å². The van der Waals surface area contributed by atoms with Crippen LogP contribution in [-0.4, -0.2) is 26.6 Å². The Morgan fingerprint density at radius 3 is 2.18 bits per heavy atom. The highest BCUT2D eigenvalue weighted by atomic mass is 32.2. The third-order valence-corrected chi connectivity index (χ3v) is 5.73. The van der Waals surface area contributed by atoms with Crippen molar-refractivity contribution >= 4 is 21.6 Å². The highest BCUT2D eigenvalue weighted by Crippen LogP contribution is 2.24. The van der Waals surface area contributed by atoms with E-state index in [0.717, 1.165) is 46.3 Å². The average Bonchev–Trinajstić information content (AvgIpc) is 2.63. The summed E-state index contributed by atoms with van der Waals surface area (Å²) in [5.74, 6) is -2.84. The third-order valence-electron chi connectivity index (χ3n) is 4.49. The molecule has 5 nitrogen and oxygen atoms in total. The highest BCUT2D eigenvalue weighted by molar-refractivity contribution is 7.92. The molecule has 1 N–H and O–H groups in total. The maximum absolute atomic E-state index is 13.6. The number of sulfonamides is 1. The Hall–Kier alpha value is -2.48. The second-order valence-corrected chi connectivity index (χ2v) is 8.52. The van der Waals surface area contributed by atoms with Crippen LogP contribution in [-0.2, 0) is 21.2 Å². The molecule has 0 fully saturated rings. The topological polar surface area (TPSA) is 66.5 Å². The Morgan fingerprint density at radius 2 is 1.68 bits per heavy atom. The number of aryl methyl sites for hydroxylation is 1. The fraction of sp³-hybridized carbons (Fsp3) is 0.350. The first kappa shape index (κ1) is 21.8. The summed E-state index contributed by atoms with van der Waals surface area (Å²) in [6, 6.07) is 8.92. The molecular weight excluding hydrogens is 386 g/mol. The summed E-state index contributed by atoms with van der Waals surface area (Å²) in [6.07, 6.45) is 1.81. The first-order valence-electron chi connectivity index (χ1n) is 8.88. The summed E-state index contributed by atoms with van der Waals surface area (Å²) >= 11 is 0. The number of nitrogens with zero attached hydrogens (tertiary/aromatic N) is 1. The molecule has 0 heterocycles. The van der Waals surface area contributed by atoms with Gasteiger partial charge in [0.25, 0.3) is 0 Å². The molecule has 2 aromatic carbocycles. The summed E-state index contributed by atoms with van der Waals surface area (Å²) < 4.78 is 52.0. The van der Waals surface area contributed by atoms with E-state index in [4.69, 9.17) is 0 Å². The number of carbonyl (C=O) groups excluding carboxylic acids is 1. The predicted molar refractivity (Wildman–Crippen MR) is 106 cm³/mol. The van der Waals surface area contributed by atoms with Crippen LogP contribution in [0.4, 0.5) is 14.5 Å². The third kappa shape index (κ3) is 5.07. The summed E-state index contributed by atoms with van der Waals surface area (Å²) in [4.78, 5) is 12.7. The van der Waals surface area contributed by atoms with Crippen LogP contribution >= 0.6 is 0 Å². The highest BCUT2D eigenvalue weighted by Gasteiger charge is 2.30. The maximum atomic E-state index is 13.6. The number of hydrogen-bond acceptors (Lipinski definition) is 3. The van der Waals surface area contributed by atoms with Crippen molar-refractivity contribution in [1.82, 2.24) is 5.32 Å². The molecule has 152 valence electrons. The van der Waals surface area contributed by atoms with Crippen molar-refractivity contribution in [3.63, 3.8) is 0 Å². The number of anilines is 1. The van der Waals surface area contributed by atoms with Gasteiger partial charge in [-0.15, -0.1) is 0 Å². The first-order valence-corrected chi connectivity index (χ1v) is 10.7. The lowest BCUT2D eigenvalue weighted by Gasteiger charge is -2.29. The molecule has 0 unspecified atom stereocenters. The van der Waals surface area contributed by atoms with Crippen molar-refractivity contribution in [1.29, 1.82) is 0 Å². The van der Waals surface area contributed by atoms with Gasteiger partial charge in [-0.05, 0) is 43.5 Å². The van der Waals surface area contributed by atoms with E-state index in [2.05, 4.69) is 5.32 Å². The minimum Gasteiger partial charge on any atom is -0.348 e. The normalized spacial score (nSPS) is 13.6. The van der Waals surface area contributed by atoms with E-state index in [1.807, 2.05) is 31.2 Å². The smallest absolute Gasteiger partial charge is 0.244 e.